The van der Waals surface area contributed by atoms with E-state index in [1.54, 1.807) is 0 Å². The molecule has 112 valence electrons. The maximum Gasteiger partial charge on any atom is 0.0117 e. The standard InChI is InChI=1S/C17H34N2/c1-13-5-7-16(8-6-13)9-11-19-12-10-17(18-4)14(2)15(19)3/h13-18H,5-12H2,1-4H3. The van der Waals surface area contributed by atoms with Gasteiger partial charge in [0.1, 0.15) is 0 Å². The van der Waals surface area contributed by atoms with Gasteiger partial charge in [-0.25, -0.2) is 0 Å². The highest BCUT2D eigenvalue weighted by Gasteiger charge is 2.31. The first-order chi connectivity index (χ1) is 9.11. The van der Waals surface area contributed by atoms with E-state index in [0.717, 1.165) is 29.8 Å². The molecule has 1 saturated heterocycles. The van der Waals surface area contributed by atoms with Crippen molar-refractivity contribution >= 4 is 0 Å². The minimum Gasteiger partial charge on any atom is -0.317 e. The minimum atomic E-state index is 0.724. The molecule has 3 atom stereocenters. The summed E-state index contributed by atoms with van der Waals surface area (Å²) in [5.74, 6) is 2.78. The van der Waals surface area contributed by atoms with E-state index >= 15 is 0 Å². The van der Waals surface area contributed by atoms with Gasteiger partial charge in [-0.15, -0.1) is 0 Å². The first-order valence-electron chi connectivity index (χ1n) is 8.53. The van der Waals surface area contributed by atoms with E-state index in [1.807, 2.05) is 0 Å². The van der Waals surface area contributed by atoms with Crippen LogP contribution < -0.4 is 5.32 Å². The van der Waals surface area contributed by atoms with Crippen LogP contribution in [0.1, 0.15) is 59.3 Å². The van der Waals surface area contributed by atoms with Crippen LogP contribution in [0.4, 0.5) is 0 Å². The van der Waals surface area contributed by atoms with E-state index < -0.39 is 0 Å². The average Bonchev–Trinajstić information content (AvgIpc) is 2.42. The minimum absolute atomic E-state index is 0.724. The number of hydrogen-bond donors (Lipinski definition) is 1. The van der Waals surface area contributed by atoms with Crippen molar-refractivity contribution in [3.8, 4) is 0 Å². The predicted molar refractivity (Wildman–Crippen MR) is 83.4 cm³/mol. The number of hydrogen-bond acceptors (Lipinski definition) is 2. The molecule has 2 heteroatoms. The van der Waals surface area contributed by atoms with Crippen molar-refractivity contribution in [1.29, 1.82) is 0 Å². The van der Waals surface area contributed by atoms with Crippen LogP contribution in [0.2, 0.25) is 0 Å². The second-order valence-electron chi connectivity index (χ2n) is 7.23. The first-order valence-corrected chi connectivity index (χ1v) is 8.53. The van der Waals surface area contributed by atoms with Gasteiger partial charge in [0.25, 0.3) is 0 Å². The molecule has 0 aromatic heterocycles. The van der Waals surface area contributed by atoms with Gasteiger partial charge in [0.15, 0.2) is 0 Å². The Morgan fingerprint density at radius 1 is 1.00 bits per heavy atom. The third kappa shape index (κ3) is 3.95. The maximum absolute atomic E-state index is 3.49. The van der Waals surface area contributed by atoms with E-state index in [4.69, 9.17) is 0 Å². The van der Waals surface area contributed by atoms with Gasteiger partial charge in [0.2, 0.25) is 0 Å². The van der Waals surface area contributed by atoms with Gasteiger partial charge in [-0.1, -0.05) is 39.5 Å². The number of piperidine rings is 1. The van der Waals surface area contributed by atoms with Crippen molar-refractivity contribution in [3.05, 3.63) is 0 Å². The molecule has 1 saturated carbocycles. The van der Waals surface area contributed by atoms with Crippen molar-refractivity contribution in [2.24, 2.45) is 17.8 Å². The van der Waals surface area contributed by atoms with Gasteiger partial charge in [-0.2, -0.15) is 0 Å². The zero-order chi connectivity index (χ0) is 13.8. The highest BCUT2D eigenvalue weighted by molar-refractivity contribution is 4.88. The lowest BCUT2D eigenvalue weighted by Crippen LogP contribution is -2.52. The van der Waals surface area contributed by atoms with Crippen LogP contribution in [-0.4, -0.2) is 37.1 Å². The van der Waals surface area contributed by atoms with Crippen LogP contribution in [0.25, 0.3) is 0 Å². The van der Waals surface area contributed by atoms with Crippen LogP contribution >= 0.6 is 0 Å². The summed E-state index contributed by atoms with van der Waals surface area (Å²) in [7, 11) is 2.12. The first kappa shape index (κ1) is 15.3. The third-order valence-electron chi connectivity index (χ3n) is 6.03. The van der Waals surface area contributed by atoms with E-state index in [-0.39, 0.29) is 0 Å². The Hall–Kier alpha value is -0.0800. The Morgan fingerprint density at radius 3 is 2.32 bits per heavy atom. The molecular formula is C17H34N2. The second-order valence-corrected chi connectivity index (χ2v) is 7.23. The summed E-state index contributed by atoms with van der Waals surface area (Å²) in [5, 5.41) is 3.49. The Balaban J connectivity index is 1.74. The zero-order valence-electron chi connectivity index (χ0n) is 13.5. The molecule has 0 aromatic rings. The summed E-state index contributed by atoms with van der Waals surface area (Å²) >= 11 is 0. The fourth-order valence-corrected chi connectivity index (χ4v) is 4.13. The lowest BCUT2D eigenvalue weighted by atomic mass is 9.81. The van der Waals surface area contributed by atoms with Crippen molar-refractivity contribution in [2.75, 3.05) is 20.1 Å². The van der Waals surface area contributed by atoms with E-state index in [1.165, 1.54) is 51.6 Å². The van der Waals surface area contributed by atoms with Crippen LogP contribution in [0.3, 0.4) is 0 Å². The molecular weight excluding hydrogens is 232 g/mol. The predicted octanol–water partition coefficient (Wildman–Crippen LogP) is 3.52. The van der Waals surface area contributed by atoms with Gasteiger partial charge in [0, 0.05) is 12.1 Å². The summed E-state index contributed by atoms with van der Waals surface area (Å²) in [6.45, 7) is 9.89. The van der Waals surface area contributed by atoms with Crippen molar-refractivity contribution < 1.29 is 0 Å². The van der Waals surface area contributed by atoms with Crippen LogP contribution in [0, 0.1) is 17.8 Å². The topological polar surface area (TPSA) is 15.3 Å². The molecule has 0 radical (unpaired) electrons. The van der Waals surface area contributed by atoms with Gasteiger partial charge >= 0.3 is 0 Å². The summed E-state index contributed by atoms with van der Waals surface area (Å²) in [6, 6.07) is 1.47. The summed E-state index contributed by atoms with van der Waals surface area (Å²) in [6.07, 6.45) is 8.67. The molecule has 2 aliphatic rings. The van der Waals surface area contributed by atoms with E-state index in [0.29, 0.717) is 0 Å². The molecule has 2 rings (SSSR count). The van der Waals surface area contributed by atoms with Crippen LogP contribution in [-0.2, 0) is 0 Å². The molecule has 19 heavy (non-hydrogen) atoms. The van der Waals surface area contributed by atoms with E-state index in [9.17, 15) is 0 Å². The van der Waals surface area contributed by atoms with Crippen molar-refractivity contribution in [2.45, 2.75) is 71.4 Å². The summed E-state index contributed by atoms with van der Waals surface area (Å²) in [4.78, 5) is 2.75. The molecule has 3 unspecified atom stereocenters. The summed E-state index contributed by atoms with van der Waals surface area (Å²) in [5.41, 5.74) is 0. The molecule has 1 aliphatic carbocycles. The Labute approximate surface area is 120 Å². The molecule has 0 spiro atoms. The zero-order valence-corrected chi connectivity index (χ0v) is 13.5. The largest absolute Gasteiger partial charge is 0.317 e. The molecule has 1 aliphatic heterocycles. The van der Waals surface area contributed by atoms with Gasteiger partial charge in [-0.3, -0.25) is 0 Å². The maximum atomic E-state index is 3.49. The summed E-state index contributed by atoms with van der Waals surface area (Å²) < 4.78 is 0. The van der Waals surface area contributed by atoms with Crippen molar-refractivity contribution in [1.82, 2.24) is 10.2 Å². The fraction of sp³-hybridized carbons (Fsp3) is 1.00. The van der Waals surface area contributed by atoms with Crippen LogP contribution in [0.15, 0.2) is 0 Å². The highest BCUT2D eigenvalue weighted by atomic mass is 15.2. The molecule has 1 heterocycles. The number of nitrogens with zero attached hydrogens (tertiary/aromatic N) is 1. The number of likely N-dealkylation sites (tertiary alicyclic amines) is 1. The van der Waals surface area contributed by atoms with Gasteiger partial charge in [0.05, 0.1) is 0 Å². The van der Waals surface area contributed by atoms with Crippen molar-refractivity contribution in [3.63, 3.8) is 0 Å². The quantitative estimate of drug-likeness (QED) is 0.837. The smallest absolute Gasteiger partial charge is 0.0117 e. The Morgan fingerprint density at radius 2 is 1.68 bits per heavy atom. The van der Waals surface area contributed by atoms with Crippen LogP contribution in [0.5, 0.6) is 0 Å². The average molecular weight is 266 g/mol. The van der Waals surface area contributed by atoms with Gasteiger partial charge in [-0.05, 0) is 57.7 Å². The highest BCUT2D eigenvalue weighted by Crippen LogP contribution is 2.31. The molecule has 0 amide bonds. The Bertz CT molecular complexity index is 258. The second kappa shape index (κ2) is 7.08. The molecule has 0 aromatic carbocycles. The number of nitrogens with one attached hydrogen (secondary N) is 1. The molecule has 2 nitrogen and oxygen atoms in total. The monoisotopic (exact) mass is 266 g/mol. The molecule has 1 N–H and O–H groups in total. The lowest BCUT2D eigenvalue weighted by Gasteiger charge is -2.43. The fourth-order valence-electron chi connectivity index (χ4n) is 4.13. The van der Waals surface area contributed by atoms with Gasteiger partial charge < -0.3 is 10.2 Å². The normalized spacial score (nSPS) is 41.4. The molecule has 0 bridgehead atoms. The van der Waals surface area contributed by atoms with E-state index in [2.05, 4.69) is 38.0 Å². The SMILES string of the molecule is CNC1CCN(CCC2CCC(C)CC2)C(C)C1C. The third-order valence-corrected chi connectivity index (χ3v) is 6.03. The Kier molecular flexibility index (Phi) is 5.70. The molecule has 2 fully saturated rings. The number of rotatable bonds is 4. The lowest BCUT2D eigenvalue weighted by molar-refractivity contribution is 0.0787.